The quantitative estimate of drug-likeness (QED) is 0.765. The number of nitrogens with zero attached hydrogens (tertiary/aromatic N) is 2. The normalized spacial score (nSPS) is 10.8. The molecule has 0 bridgehead atoms. The summed E-state index contributed by atoms with van der Waals surface area (Å²) in [6, 6.07) is 0.501. The van der Waals surface area contributed by atoms with Crippen LogP contribution in [0.2, 0.25) is 0 Å². The molecule has 0 aromatic carbocycles. The molecule has 0 amide bonds. The Kier molecular flexibility index (Phi) is 3.37. The zero-order valence-corrected chi connectivity index (χ0v) is 8.76. The molecule has 0 aliphatic carbocycles. The van der Waals surface area contributed by atoms with Crippen LogP contribution in [0.5, 0.6) is 0 Å². The predicted molar refractivity (Wildman–Crippen MR) is 53.5 cm³/mol. The Morgan fingerprint density at radius 1 is 1.38 bits per heavy atom. The van der Waals surface area contributed by atoms with E-state index in [1.807, 2.05) is 20.0 Å². The number of hydrogen-bond acceptors (Lipinski definition) is 3. The second-order valence-electron chi connectivity index (χ2n) is 3.56. The van der Waals surface area contributed by atoms with Gasteiger partial charge in [0, 0.05) is 30.0 Å². The molecule has 0 saturated heterocycles. The van der Waals surface area contributed by atoms with Crippen LogP contribution in [0, 0.1) is 13.8 Å². The van der Waals surface area contributed by atoms with Gasteiger partial charge in [0.25, 0.3) is 0 Å². The highest BCUT2D eigenvalue weighted by atomic mass is 14.9. The second kappa shape index (κ2) is 4.33. The van der Waals surface area contributed by atoms with Crippen LogP contribution in [0.15, 0.2) is 6.20 Å². The van der Waals surface area contributed by atoms with Gasteiger partial charge in [0.15, 0.2) is 0 Å². The molecular formula is C10H17N3. The van der Waals surface area contributed by atoms with Crippen molar-refractivity contribution < 1.29 is 0 Å². The van der Waals surface area contributed by atoms with E-state index in [1.165, 1.54) is 5.56 Å². The molecule has 1 aromatic rings. The molecule has 0 aliphatic heterocycles. The largest absolute Gasteiger partial charge is 0.310 e. The molecule has 0 aliphatic rings. The van der Waals surface area contributed by atoms with Crippen LogP contribution >= 0.6 is 0 Å². The predicted octanol–water partition coefficient (Wildman–Crippen LogP) is 1.59. The van der Waals surface area contributed by atoms with Crippen molar-refractivity contribution in [1.29, 1.82) is 0 Å². The van der Waals surface area contributed by atoms with Crippen molar-refractivity contribution in [3.8, 4) is 0 Å². The highest BCUT2D eigenvalue weighted by molar-refractivity contribution is 5.15. The minimum absolute atomic E-state index is 0.501. The van der Waals surface area contributed by atoms with E-state index in [4.69, 9.17) is 0 Å². The van der Waals surface area contributed by atoms with Crippen molar-refractivity contribution in [1.82, 2.24) is 15.3 Å². The van der Waals surface area contributed by atoms with Crippen LogP contribution in [0.25, 0.3) is 0 Å². The Hall–Kier alpha value is -0.960. The molecule has 3 nitrogen and oxygen atoms in total. The summed E-state index contributed by atoms with van der Waals surface area (Å²) < 4.78 is 0. The van der Waals surface area contributed by atoms with Crippen LogP contribution in [0.3, 0.4) is 0 Å². The first-order valence-electron chi connectivity index (χ1n) is 4.62. The molecule has 0 fully saturated rings. The van der Waals surface area contributed by atoms with Crippen LogP contribution in [-0.4, -0.2) is 16.0 Å². The van der Waals surface area contributed by atoms with Gasteiger partial charge in [-0.2, -0.15) is 0 Å². The van der Waals surface area contributed by atoms with Crippen molar-refractivity contribution >= 4 is 0 Å². The average Bonchev–Trinajstić information content (AvgIpc) is 2.02. The van der Waals surface area contributed by atoms with Crippen molar-refractivity contribution in [2.45, 2.75) is 40.3 Å². The minimum atomic E-state index is 0.501. The third-order valence-corrected chi connectivity index (χ3v) is 1.90. The summed E-state index contributed by atoms with van der Waals surface area (Å²) in [7, 11) is 0. The Bertz CT molecular complexity index is 281. The molecule has 1 heterocycles. The van der Waals surface area contributed by atoms with Crippen molar-refractivity contribution in [3.63, 3.8) is 0 Å². The number of hydrogen-bond donors (Lipinski definition) is 1. The summed E-state index contributed by atoms with van der Waals surface area (Å²) in [4.78, 5) is 8.47. The lowest BCUT2D eigenvalue weighted by molar-refractivity contribution is 0.584. The Labute approximate surface area is 79.6 Å². The molecule has 0 atom stereocenters. The van der Waals surface area contributed by atoms with Gasteiger partial charge in [0.1, 0.15) is 5.82 Å². The maximum absolute atomic E-state index is 4.30. The third-order valence-electron chi connectivity index (χ3n) is 1.90. The second-order valence-corrected chi connectivity index (χ2v) is 3.56. The molecule has 72 valence electrons. The first kappa shape index (κ1) is 10.1. The highest BCUT2D eigenvalue weighted by Gasteiger charge is 2.01. The fraction of sp³-hybridized carbons (Fsp3) is 0.600. The fourth-order valence-electron chi connectivity index (χ4n) is 1.10. The topological polar surface area (TPSA) is 37.8 Å². The monoisotopic (exact) mass is 179 g/mol. The molecule has 0 spiro atoms. The van der Waals surface area contributed by atoms with Gasteiger partial charge in [-0.15, -0.1) is 0 Å². The van der Waals surface area contributed by atoms with Crippen LogP contribution in [-0.2, 0) is 6.54 Å². The molecule has 0 saturated carbocycles. The molecule has 0 unspecified atom stereocenters. The van der Waals surface area contributed by atoms with E-state index in [2.05, 4.69) is 29.1 Å². The van der Waals surface area contributed by atoms with Gasteiger partial charge in [-0.3, -0.25) is 0 Å². The van der Waals surface area contributed by atoms with Gasteiger partial charge in [0.2, 0.25) is 0 Å². The van der Waals surface area contributed by atoms with E-state index in [0.717, 1.165) is 18.1 Å². The van der Waals surface area contributed by atoms with Crippen molar-refractivity contribution in [2.75, 3.05) is 0 Å². The fourth-order valence-corrected chi connectivity index (χ4v) is 1.10. The smallest absolute Gasteiger partial charge is 0.125 e. The van der Waals surface area contributed by atoms with Gasteiger partial charge in [-0.1, -0.05) is 13.8 Å². The lowest BCUT2D eigenvalue weighted by Crippen LogP contribution is -2.22. The summed E-state index contributed by atoms with van der Waals surface area (Å²) in [6.45, 7) is 9.04. The summed E-state index contributed by atoms with van der Waals surface area (Å²) in [6.07, 6.45) is 1.90. The number of aromatic nitrogens is 2. The maximum atomic E-state index is 4.30. The third kappa shape index (κ3) is 3.11. The highest BCUT2D eigenvalue weighted by Crippen LogP contribution is 2.03. The molecule has 0 radical (unpaired) electrons. The van der Waals surface area contributed by atoms with Crippen molar-refractivity contribution in [2.24, 2.45) is 0 Å². The summed E-state index contributed by atoms with van der Waals surface area (Å²) >= 11 is 0. The van der Waals surface area contributed by atoms with Gasteiger partial charge in [-0.05, 0) is 13.8 Å². The number of nitrogens with one attached hydrogen (secondary N) is 1. The lowest BCUT2D eigenvalue weighted by atomic mass is 10.2. The first-order valence-corrected chi connectivity index (χ1v) is 4.62. The zero-order valence-electron chi connectivity index (χ0n) is 8.76. The molecular weight excluding hydrogens is 162 g/mol. The summed E-state index contributed by atoms with van der Waals surface area (Å²) in [5.74, 6) is 0.839. The standard InChI is InChI=1S/C10H17N3/c1-7(2)11-5-10-6-12-9(4)13-8(10)3/h6-7,11H,5H2,1-4H3. The Balaban J connectivity index is 2.67. The summed E-state index contributed by atoms with van der Waals surface area (Å²) in [5, 5.41) is 3.34. The van der Waals surface area contributed by atoms with Crippen LogP contribution in [0.4, 0.5) is 0 Å². The molecule has 3 heteroatoms. The molecule has 13 heavy (non-hydrogen) atoms. The molecule has 1 rings (SSSR count). The average molecular weight is 179 g/mol. The van der Waals surface area contributed by atoms with E-state index >= 15 is 0 Å². The van der Waals surface area contributed by atoms with E-state index in [1.54, 1.807) is 0 Å². The lowest BCUT2D eigenvalue weighted by Gasteiger charge is -2.09. The van der Waals surface area contributed by atoms with E-state index < -0.39 is 0 Å². The van der Waals surface area contributed by atoms with Gasteiger partial charge < -0.3 is 5.32 Å². The van der Waals surface area contributed by atoms with Crippen molar-refractivity contribution in [3.05, 3.63) is 23.3 Å². The Morgan fingerprint density at radius 2 is 2.08 bits per heavy atom. The van der Waals surface area contributed by atoms with Gasteiger partial charge in [-0.25, -0.2) is 9.97 Å². The zero-order chi connectivity index (χ0) is 9.84. The number of aryl methyl sites for hydroxylation is 2. The van der Waals surface area contributed by atoms with Gasteiger partial charge in [0.05, 0.1) is 0 Å². The summed E-state index contributed by atoms with van der Waals surface area (Å²) in [5.41, 5.74) is 2.25. The van der Waals surface area contributed by atoms with Gasteiger partial charge >= 0.3 is 0 Å². The SMILES string of the molecule is Cc1ncc(CNC(C)C)c(C)n1. The molecule has 1 N–H and O–H groups in total. The number of rotatable bonds is 3. The van der Waals surface area contributed by atoms with E-state index in [-0.39, 0.29) is 0 Å². The minimum Gasteiger partial charge on any atom is -0.310 e. The van der Waals surface area contributed by atoms with Crippen LogP contribution in [0.1, 0.15) is 30.9 Å². The van der Waals surface area contributed by atoms with E-state index in [9.17, 15) is 0 Å². The maximum Gasteiger partial charge on any atom is 0.125 e. The van der Waals surface area contributed by atoms with Crippen LogP contribution < -0.4 is 5.32 Å². The first-order chi connectivity index (χ1) is 6.09. The molecule has 1 aromatic heterocycles. The van der Waals surface area contributed by atoms with E-state index in [0.29, 0.717) is 6.04 Å². The Morgan fingerprint density at radius 3 is 2.62 bits per heavy atom.